The van der Waals surface area contributed by atoms with E-state index in [0.717, 1.165) is 37.4 Å². The lowest BCUT2D eigenvalue weighted by Crippen LogP contribution is -2.49. The molecule has 4 nitrogen and oxygen atoms in total. The molecule has 2 bridgehead atoms. The number of rotatable bonds is 6. The highest BCUT2D eigenvalue weighted by atomic mass is 16.5. The number of para-hydroxylation sites is 2. The zero-order chi connectivity index (χ0) is 16.4. The number of hydrogen-bond acceptors (Lipinski definition) is 4. The summed E-state index contributed by atoms with van der Waals surface area (Å²) in [5, 5.41) is 0. The summed E-state index contributed by atoms with van der Waals surface area (Å²) in [7, 11) is 0. The van der Waals surface area contributed by atoms with Crippen LogP contribution in [0.25, 0.3) is 0 Å². The first kappa shape index (κ1) is 16.2. The Morgan fingerprint density at radius 2 is 1.88 bits per heavy atom. The molecule has 1 saturated carbocycles. The van der Waals surface area contributed by atoms with Gasteiger partial charge in [0.1, 0.15) is 5.75 Å². The van der Waals surface area contributed by atoms with Gasteiger partial charge in [-0.15, -0.1) is 0 Å². The van der Waals surface area contributed by atoms with E-state index in [4.69, 9.17) is 4.74 Å². The molecule has 0 unspecified atom stereocenters. The molecule has 4 heteroatoms. The van der Waals surface area contributed by atoms with Crippen LogP contribution in [-0.4, -0.2) is 68.3 Å². The second kappa shape index (κ2) is 7.32. The minimum atomic E-state index is 0.731. The lowest BCUT2D eigenvalue weighted by atomic mass is 10.1. The average molecular weight is 329 g/mol. The maximum atomic E-state index is 5.80. The van der Waals surface area contributed by atoms with Gasteiger partial charge in [-0.1, -0.05) is 12.1 Å². The van der Waals surface area contributed by atoms with Gasteiger partial charge in [0, 0.05) is 51.9 Å². The first-order valence-corrected chi connectivity index (χ1v) is 9.76. The van der Waals surface area contributed by atoms with Gasteiger partial charge in [-0.25, -0.2) is 0 Å². The molecule has 2 aliphatic heterocycles. The summed E-state index contributed by atoms with van der Waals surface area (Å²) in [6, 6.07) is 9.38. The molecular weight excluding hydrogens is 298 g/mol. The van der Waals surface area contributed by atoms with Crippen molar-refractivity contribution >= 4 is 5.69 Å². The number of benzene rings is 1. The Morgan fingerprint density at radius 3 is 2.58 bits per heavy atom. The third-order valence-electron chi connectivity index (χ3n) is 6.10. The van der Waals surface area contributed by atoms with E-state index >= 15 is 0 Å². The summed E-state index contributed by atoms with van der Waals surface area (Å²) in [5.41, 5.74) is 1.26. The Hall–Kier alpha value is -1.26. The predicted octanol–water partition coefficient (Wildman–Crippen LogP) is 2.69. The molecule has 0 aromatic heterocycles. The number of piperidine rings is 1. The molecule has 132 valence electrons. The van der Waals surface area contributed by atoms with Crippen LogP contribution >= 0.6 is 0 Å². The fourth-order valence-corrected chi connectivity index (χ4v) is 4.78. The van der Waals surface area contributed by atoms with E-state index in [9.17, 15) is 0 Å². The van der Waals surface area contributed by atoms with Crippen molar-refractivity contribution in [3.63, 3.8) is 0 Å². The van der Waals surface area contributed by atoms with E-state index in [1.165, 1.54) is 57.7 Å². The van der Waals surface area contributed by atoms with Crippen LogP contribution in [0.5, 0.6) is 5.75 Å². The first-order valence-electron chi connectivity index (χ1n) is 9.76. The Balaban J connectivity index is 1.26. The summed E-state index contributed by atoms with van der Waals surface area (Å²) in [6.45, 7) is 11.2. The summed E-state index contributed by atoms with van der Waals surface area (Å²) >= 11 is 0. The molecular formula is C20H31N3O. The molecule has 24 heavy (non-hydrogen) atoms. The Labute approximate surface area is 146 Å². The molecule has 3 aliphatic rings. The molecule has 0 amide bonds. The van der Waals surface area contributed by atoms with Crippen LogP contribution in [-0.2, 0) is 0 Å². The molecule has 3 fully saturated rings. The minimum absolute atomic E-state index is 0.731. The maximum Gasteiger partial charge on any atom is 0.142 e. The van der Waals surface area contributed by atoms with Gasteiger partial charge < -0.3 is 9.64 Å². The lowest BCUT2D eigenvalue weighted by Gasteiger charge is -2.38. The smallest absolute Gasteiger partial charge is 0.142 e. The molecule has 1 aliphatic carbocycles. The van der Waals surface area contributed by atoms with Crippen molar-refractivity contribution in [3.8, 4) is 5.75 Å². The monoisotopic (exact) mass is 329 g/mol. The van der Waals surface area contributed by atoms with Crippen LogP contribution < -0.4 is 9.64 Å². The molecule has 1 aromatic carbocycles. The van der Waals surface area contributed by atoms with E-state index in [0.29, 0.717) is 0 Å². The number of anilines is 1. The maximum absolute atomic E-state index is 5.80. The minimum Gasteiger partial charge on any atom is -0.492 e. The molecule has 0 radical (unpaired) electrons. The van der Waals surface area contributed by atoms with Crippen LogP contribution in [0.3, 0.4) is 0 Å². The average Bonchev–Trinajstić information content (AvgIpc) is 3.24. The second-order valence-corrected chi connectivity index (χ2v) is 7.56. The fraction of sp³-hybridized carbons (Fsp3) is 0.700. The third-order valence-corrected chi connectivity index (χ3v) is 6.10. The van der Waals surface area contributed by atoms with E-state index in [1.54, 1.807) is 0 Å². The molecule has 2 saturated heterocycles. The van der Waals surface area contributed by atoms with E-state index < -0.39 is 0 Å². The van der Waals surface area contributed by atoms with Gasteiger partial charge in [-0.2, -0.15) is 0 Å². The van der Waals surface area contributed by atoms with Crippen molar-refractivity contribution in [1.29, 1.82) is 0 Å². The zero-order valence-electron chi connectivity index (χ0n) is 15.0. The van der Waals surface area contributed by atoms with Gasteiger partial charge in [0.2, 0.25) is 0 Å². The van der Waals surface area contributed by atoms with E-state index in [1.807, 2.05) is 0 Å². The summed E-state index contributed by atoms with van der Waals surface area (Å²) in [6.07, 6.45) is 4.41. The number of likely N-dealkylation sites (tertiary alicyclic amines) is 1. The van der Waals surface area contributed by atoms with Gasteiger partial charge in [-0.05, 0) is 44.2 Å². The normalized spacial score (nSPS) is 27.8. The molecule has 1 aromatic rings. The quantitative estimate of drug-likeness (QED) is 0.799. The number of piperazine rings is 1. The molecule has 2 heterocycles. The van der Waals surface area contributed by atoms with Gasteiger partial charge in [0.05, 0.1) is 12.3 Å². The molecule has 4 rings (SSSR count). The van der Waals surface area contributed by atoms with Crippen molar-refractivity contribution in [2.75, 3.05) is 57.3 Å². The Morgan fingerprint density at radius 1 is 1.04 bits per heavy atom. The highest BCUT2D eigenvalue weighted by molar-refractivity contribution is 5.58. The van der Waals surface area contributed by atoms with Crippen LogP contribution in [0.1, 0.15) is 26.2 Å². The van der Waals surface area contributed by atoms with Crippen molar-refractivity contribution in [1.82, 2.24) is 9.80 Å². The lowest BCUT2D eigenvalue weighted by molar-refractivity contribution is 0.167. The van der Waals surface area contributed by atoms with Gasteiger partial charge in [-0.3, -0.25) is 9.80 Å². The Bertz CT molecular complexity index is 541. The van der Waals surface area contributed by atoms with Crippen molar-refractivity contribution in [2.45, 2.75) is 32.2 Å². The standard InChI is InChI=1S/C20H31N3O/c1-2-24-20-6-4-3-5-19(20)22-12-9-21(10-13-22)11-14-23-16-17-7-8-18(23)15-17/h3-6,17-18H,2,7-16H2,1H3/t17-,18+/m0/s1. The fourth-order valence-electron chi connectivity index (χ4n) is 4.78. The highest BCUT2D eigenvalue weighted by Crippen LogP contribution is 2.37. The van der Waals surface area contributed by atoms with E-state index in [2.05, 4.69) is 45.9 Å². The highest BCUT2D eigenvalue weighted by Gasteiger charge is 2.37. The number of nitrogens with zero attached hydrogens (tertiary/aromatic N) is 3. The van der Waals surface area contributed by atoms with Crippen LogP contribution in [0.15, 0.2) is 24.3 Å². The first-order chi connectivity index (χ1) is 11.8. The summed E-state index contributed by atoms with van der Waals surface area (Å²) in [5.74, 6) is 2.04. The number of hydrogen-bond donors (Lipinski definition) is 0. The summed E-state index contributed by atoms with van der Waals surface area (Å²) < 4.78 is 5.80. The number of ether oxygens (including phenoxy) is 1. The Kier molecular flexibility index (Phi) is 4.95. The van der Waals surface area contributed by atoms with Crippen molar-refractivity contribution in [2.24, 2.45) is 5.92 Å². The van der Waals surface area contributed by atoms with Crippen molar-refractivity contribution < 1.29 is 4.74 Å². The van der Waals surface area contributed by atoms with Crippen LogP contribution in [0.4, 0.5) is 5.69 Å². The molecule has 0 spiro atoms. The van der Waals surface area contributed by atoms with Crippen molar-refractivity contribution in [3.05, 3.63) is 24.3 Å². The van der Waals surface area contributed by atoms with Crippen LogP contribution in [0.2, 0.25) is 0 Å². The summed E-state index contributed by atoms with van der Waals surface area (Å²) in [4.78, 5) is 7.88. The molecule has 2 atom stereocenters. The van der Waals surface area contributed by atoms with Gasteiger partial charge >= 0.3 is 0 Å². The molecule has 0 N–H and O–H groups in total. The van der Waals surface area contributed by atoms with Crippen LogP contribution in [0, 0.1) is 5.92 Å². The largest absolute Gasteiger partial charge is 0.492 e. The second-order valence-electron chi connectivity index (χ2n) is 7.56. The topological polar surface area (TPSA) is 19.0 Å². The van der Waals surface area contributed by atoms with Gasteiger partial charge in [0.15, 0.2) is 0 Å². The SMILES string of the molecule is CCOc1ccccc1N1CCN(CCN2C[C@H]3CC[C@@H]2C3)CC1. The number of fused-ring (bicyclic) bond motifs is 2. The van der Waals surface area contributed by atoms with E-state index in [-0.39, 0.29) is 0 Å². The predicted molar refractivity (Wildman–Crippen MR) is 99.0 cm³/mol. The zero-order valence-corrected chi connectivity index (χ0v) is 15.0. The van der Waals surface area contributed by atoms with Gasteiger partial charge in [0.25, 0.3) is 0 Å². The third kappa shape index (κ3) is 3.40.